The molecule has 0 fully saturated rings. The van der Waals surface area contributed by atoms with E-state index >= 15 is 0 Å². The average molecular weight is 263 g/mol. The standard InChI is InChI=1S/C9H17N3O4S/c1-4-6-12(7-5-10)17(14,15)11-9(13)16-8(2)3/h8H,4,6-7H2,1-3H3,(H,11,13). The minimum atomic E-state index is -4.01. The van der Waals surface area contributed by atoms with E-state index in [9.17, 15) is 13.2 Å². The van der Waals surface area contributed by atoms with Gasteiger partial charge in [0.1, 0.15) is 6.54 Å². The molecule has 0 aromatic heterocycles. The highest BCUT2D eigenvalue weighted by atomic mass is 32.2. The summed E-state index contributed by atoms with van der Waals surface area (Å²) in [7, 11) is -4.01. The van der Waals surface area contributed by atoms with Crippen molar-refractivity contribution in [3.8, 4) is 6.07 Å². The largest absolute Gasteiger partial charge is 0.446 e. The Morgan fingerprint density at radius 1 is 1.53 bits per heavy atom. The van der Waals surface area contributed by atoms with Gasteiger partial charge in [-0.25, -0.2) is 9.52 Å². The van der Waals surface area contributed by atoms with E-state index < -0.39 is 22.4 Å². The van der Waals surface area contributed by atoms with Gasteiger partial charge in [0.2, 0.25) is 0 Å². The van der Waals surface area contributed by atoms with Crippen molar-refractivity contribution in [3.63, 3.8) is 0 Å². The van der Waals surface area contributed by atoms with E-state index in [1.54, 1.807) is 31.6 Å². The van der Waals surface area contributed by atoms with Crippen LogP contribution in [-0.4, -0.2) is 38.0 Å². The third-order valence-corrected chi connectivity index (χ3v) is 3.03. The molecule has 0 aliphatic heterocycles. The summed E-state index contributed by atoms with van der Waals surface area (Å²) < 4.78 is 30.6. The number of rotatable bonds is 6. The van der Waals surface area contributed by atoms with Gasteiger partial charge in [0.25, 0.3) is 0 Å². The number of ether oxygens (including phenoxy) is 1. The smallest absolute Gasteiger partial charge is 0.422 e. The SMILES string of the molecule is CCCN(CC#N)S(=O)(=O)NC(=O)OC(C)C. The summed E-state index contributed by atoms with van der Waals surface area (Å²) in [5.41, 5.74) is 0. The van der Waals surface area contributed by atoms with Gasteiger partial charge in [-0.05, 0) is 20.3 Å². The summed E-state index contributed by atoms with van der Waals surface area (Å²) >= 11 is 0. The van der Waals surface area contributed by atoms with Crippen LogP contribution in [0.3, 0.4) is 0 Å². The third kappa shape index (κ3) is 6.09. The molecule has 0 bridgehead atoms. The first kappa shape index (κ1) is 15.7. The zero-order valence-electron chi connectivity index (χ0n) is 10.1. The number of nitrogens with one attached hydrogen (secondary N) is 1. The number of hydrogen-bond donors (Lipinski definition) is 1. The van der Waals surface area contributed by atoms with Crippen LogP contribution in [0.25, 0.3) is 0 Å². The quantitative estimate of drug-likeness (QED) is 0.707. The molecule has 8 heteroatoms. The first-order chi connectivity index (χ1) is 7.83. The van der Waals surface area contributed by atoms with Crippen molar-refractivity contribution in [2.75, 3.05) is 13.1 Å². The van der Waals surface area contributed by atoms with E-state index in [1.807, 2.05) is 0 Å². The lowest BCUT2D eigenvalue weighted by Gasteiger charge is -2.18. The highest BCUT2D eigenvalue weighted by molar-refractivity contribution is 7.87. The second kappa shape index (κ2) is 7.09. The molecule has 0 atom stereocenters. The highest BCUT2D eigenvalue weighted by Gasteiger charge is 2.24. The zero-order chi connectivity index (χ0) is 13.5. The van der Waals surface area contributed by atoms with Gasteiger partial charge in [-0.2, -0.15) is 18.0 Å². The van der Waals surface area contributed by atoms with Gasteiger partial charge in [-0.1, -0.05) is 6.92 Å². The van der Waals surface area contributed by atoms with Crippen LogP contribution in [0.1, 0.15) is 27.2 Å². The Kier molecular flexibility index (Phi) is 6.53. The van der Waals surface area contributed by atoms with Gasteiger partial charge < -0.3 is 4.74 Å². The van der Waals surface area contributed by atoms with Crippen molar-refractivity contribution in [1.29, 1.82) is 5.26 Å². The number of carbonyl (C=O) groups excluding carboxylic acids is 1. The number of nitrogens with zero attached hydrogens (tertiary/aromatic N) is 2. The zero-order valence-corrected chi connectivity index (χ0v) is 11.0. The fourth-order valence-corrected chi connectivity index (χ4v) is 2.06. The van der Waals surface area contributed by atoms with Crippen LogP contribution < -0.4 is 4.72 Å². The molecule has 0 aliphatic rings. The molecule has 98 valence electrons. The number of carbonyl (C=O) groups is 1. The van der Waals surface area contributed by atoms with Crippen molar-refractivity contribution in [1.82, 2.24) is 9.03 Å². The second-order valence-electron chi connectivity index (χ2n) is 3.55. The van der Waals surface area contributed by atoms with Crippen molar-refractivity contribution >= 4 is 16.3 Å². The molecule has 0 rings (SSSR count). The number of nitriles is 1. The van der Waals surface area contributed by atoms with Crippen LogP contribution in [0.4, 0.5) is 4.79 Å². The molecule has 1 amide bonds. The topological polar surface area (TPSA) is 99.5 Å². The summed E-state index contributed by atoms with van der Waals surface area (Å²) in [4.78, 5) is 11.2. The molecule has 0 unspecified atom stereocenters. The molecule has 0 aromatic carbocycles. The van der Waals surface area contributed by atoms with E-state index in [-0.39, 0.29) is 13.1 Å². The molecule has 0 heterocycles. The predicted octanol–water partition coefficient (Wildman–Crippen LogP) is 0.601. The lowest BCUT2D eigenvalue weighted by Crippen LogP contribution is -2.44. The molecular weight excluding hydrogens is 246 g/mol. The summed E-state index contributed by atoms with van der Waals surface area (Å²) in [6.07, 6.45) is -0.915. The Labute approximate surface area is 102 Å². The minimum absolute atomic E-state index is 0.165. The van der Waals surface area contributed by atoms with Gasteiger partial charge in [0.15, 0.2) is 0 Å². The maximum Gasteiger partial charge on any atom is 0.422 e. The Hall–Kier alpha value is -1.33. The lowest BCUT2D eigenvalue weighted by molar-refractivity contribution is 0.121. The number of hydrogen-bond acceptors (Lipinski definition) is 5. The van der Waals surface area contributed by atoms with Crippen molar-refractivity contribution in [2.45, 2.75) is 33.3 Å². The third-order valence-electron chi connectivity index (χ3n) is 1.62. The molecule has 7 nitrogen and oxygen atoms in total. The average Bonchev–Trinajstić information content (AvgIpc) is 2.14. The Bertz CT molecular complexity index is 386. The fraction of sp³-hybridized carbons (Fsp3) is 0.778. The Morgan fingerprint density at radius 3 is 2.53 bits per heavy atom. The molecular formula is C9H17N3O4S. The summed E-state index contributed by atoms with van der Waals surface area (Å²) in [6, 6.07) is 1.73. The second-order valence-corrected chi connectivity index (χ2v) is 5.22. The molecule has 0 saturated heterocycles. The number of amides is 1. The summed E-state index contributed by atoms with van der Waals surface area (Å²) in [5, 5.41) is 8.51. The Balaban J connectivity index is 4.63. The molecule has 0 aliphatic carbocycles. The molecule has 0 aromatic rings. The molecule has 17 heavy (non-hydrogen) atoms. The van der Waals surface area contributed by atoms with E-state index in [0.29, 0.717) is 6.42 Å². The van der Waals surface area contributed by atoms with Crippen molar-refractivity contribution < 1.29 is 17.9 Å². The van der Waals surface area contributed by atoms with Crippen molar-refractivity contribution in [2.24, 2.45) is 0 Å². The fourth-order valence-electron chi connectivity index (χ4n) is 1.02. The lowest BCUT2D eigenvalue weighted by atomic mass is 10.5. The van der Waals surface area contributed by atoms with E-state index in [0.717, 1.165) is 4.31 Å². The summed E-state index contributed by atoms with van der Waals surface area (Å²) in [5.74, 6) is 0. The monoisotopic (exact) mass is 263 g/mol. The van der Waals surface area contributed by atoms with Gasteiger partial charge >= 0.3 is 16.3 Å². The first-order valence-corrected chi connectivity index (χ1v) is 6.63. The van der Waals surface area contributed by atoms with Crippen LogP contribution in [0.2, 0.25) is 0 Å². The molecule has 0 saturated carbocycles. The summed E-state index contributed by atoms with van der Waals surface area (Å²) in [6.45, 7) is 4.83. The maximum absolute atomic E-state index is 11.7. The minimum Gasteiger partial charge on any atom is -0.446 e. The van der Waals surface area contributed by atoms with Crippen LogP contribution >= 0.6 is 0 Å². The van der Waals surface area contributed by atoms with Crippen LogP contribution in [-0.2, 0) is 14.9 Å². The van der Waals surface area contributed by atoms with Crippen molar-refractivity contribution in [3.05, 3.63) is 0 Å². The first-order valence-electron chi connectivity index (χ1n) is 5.19. The van der Waals surface area contributed by atoms with Gasteiger partial charge in [-0.3, -0.25) is 0 Å². The van der Waals surface area contributed by atoms with Gasteiger partial charge in [0, 0.05) is 6.54 Å². The predicted molar refractivity (Wildman–Crippen MR) is 61.1 cm³/mol. The van der Waals surface area contributed by atoms with E-state index in [1.165, 1.54) is 0 Å². The van der Waals surface area contributed by atoms with Crippen LogP contribution in [0.5, 0.6) is 0 Å². The normalized spacial score (nSPS) is 11.3. The van der Waals surface area contributed by atoms with Gasteiger partial charge in [-0.15, -0.1) is 0 Å². The van der Waals surface area contributed by atoms with Crippen LogP contribution in [0, 0.1) is 11.3 Å². The Morgan fingerprint density at radius 2 is 2.12 bits per heavy atom. The van der Waals surface area contributed by atoms with E-state index in [2.05, 4.69) is 4.74 Å². The van der Waals surface area contributed by atoms with Gasteiger partial charge in [0.05, 0.1) is 12.2 Å². The molecule has 0 spiro atoms. The molecule has 1 N–H and O–H groups in total. The van der Waals surface area contributed by atoms with Crippen LogP contribution in [0.15, 0.2) is 0 Å². The molecule has 0 radical (unpaired) electrons. The maximum atomic E-state index is 11.7. The van der Waals surface area contributed by atoms with E-state index in [4.69, 9.17) is 5.26 Å². The highest BCUT2D eigenvalue weighted by Crippen LogP contribution is 2.00.